The largest absolute Gasteiger partial charge is 0.300 e. The van der Waals surface area contributed by atoms with Gasteiger partial charge in [-0.15, -0.1) is 16.4 Å². The number of halogens is 2. The monoisotopic (exact) mass is 489 g/mol. The first-order chi connectivity index (χ1) is 13.9. The maximum absolute atomic E-state index is 14.6. The van der Waals surface area contributed by atoms with E-state index in [0.717, 1.165) is 12.8 Å². The van der Waals surface area contributed by atoms with Crippen LogP contribution in [0.15, 0.2) is 0 Å². The summed E-state index contributed by atoms with van der Waals surface area (Å²) in [5.74, 6) is -2.49. The maximum Gasteiger partial charge on any atom is 0.241 e. The molecule has 0 spiro atoms. The molecule has 3 rings (SSSR count). The lowest BCUT2D eigenvalue weighted by Gasteiger charge is -2.37. The summed E-state index contributed by atoms with van der Waals surface area (Å²) in [4.78, 5) is 16.6. The number of nitrogens with one attached hydrogen (secondary N) is 3. The van der Waals surface area contributed by atoms with Gasteiger partial charge in [0.2, 0.25) is 26.0 Å². The fourth-order valence-corrected chi connectivity index (χ4v) is 6.87. The number of carbonyl (C=O) groups is 1. The molecule has 5 atom stereocenters. The molecule has 0 aromatic carbocycles. The van der Waals surface area contributed by atoms with E-state index < -0.39 is 43.4 Å². The first-order valence-corrected chi connectivity index (χ1v) is 13.7. The molecule has 3 N–H and O–H groups in total. The van der Waals surface area contributed by atoms with Crippen molar-refractivity contribution in [2.24, 2.45) is 17.8 Å². The summed E-state index contributed by atoms with van der Waals surface area (Å²) in [5.41, 5.74) is 2.12. The number of hydrogen-bond acceptors (Lipinski definition) is 7. The third-order valence-electron chi connectivity index (χ3n) is 6.03. The average molecular weight is 490 g/mol. The van der Waals surface area contributed by atoms with Gasteiger partial charge in [-0.3, -0.25) is 20.4 Å². The van der Waals surface area contributed by atoms with Crippen molar-refractivity contribution < 1.29 is 26.0 Å². The maximum atomic E-state index is 14.6. The number of hydrogen-bond donors (Lipinski definition) is 3. The Kier molecular flexibility index (Phi) is 7.32. The van der Waals surface area contributed by atoms with Gasteiger partial charge >= 0.3 is 0 Å². The number of likely N-dealkylation sites (N-methyl/N-ethyl adjacent to an activating group) is 1. The molecular formula is C16H29ClFN5O5S2. The highest BCUT2D eigenvalue weighted by atomic mass is 35.5. The second-order valence-electron chi connectivity index (χ2n) is 8.62. The molecule has 0 radical (unpaired) electrons. The van der Waals surface area contributed by atoms with Crippen LogP contribution in [0.4, 0.5) is 4.39 Å². The SMILES string of the molecule is CN1CNC(C2CC(Cl)C(F)C(C(=O)NNS(=O)(=O)CC3CN(S(C)(=O)=O)C3)C2)C1. The van der Waals surface area contributed by atoms with Crippen LogP contribution in [-0.4, -0.2) is 94.9 Å². The molecule has 3 aliphatic rings. The minimum Gasteiger partial charge on any atom is -0.300 e. The Morgan fingerprint density at radius 2 is 1.87 bits per heavy atom. The molecule has 1 amide bonds. The Morgan fingerprint density at radius 3 is 2.43 bits per heavy atom. The fourth-order valence-electron chi connectivity index (χ4n) is 4.33. The highest BCUT2D eigenvalue weighted by molar-refractivity contribution is 7.89. The molecule has 3 fully saturated rings. The van der Waals surface area contributed by atoms with Crippen molar-refractivity contribution in [1.29, 1.82) is 0 Å². The molecule has 30 heavy (non-hydrogen) atoms. The third kappa shape index (κ3) is 5.81. The van der Waals surface area contributed by atoms with E-state index in [1.54, 1.807) is 0 Å². The summed E-state index contributed by atoms with van der Waals surface area (Å²) in [6.07, 6.45) is 0.212. The van der Waals surface area contributed by atoms with E-state index in [9.17, 15) is 26.0 Å². The Labute approximate surface area is 181 Å². The van der Waals surface area contributed by atoms with Crippen LogP contribution < -0.4 is 15.6 Å². The molecule has 2 heterocycles. The number of alkyl halides is 2. The van der Waals surface area contributed by atoms with Crippen LogP contribution in [0.3, 0.4) is 0 Å². The lowest BCUT2D eigenvalue weighted by atomic mass is 9.76. The first-order valence-electron chi connectivity index (χ1n) is 9.80. The van der Waals surface area contributed by atoms with Crippen LogP contribution in [0.25, 0.3) is 0 Å². The second kappa shape index (κ2) is 9.12. The fraction of sp³-hybridized carbons (Fsp3) is 0.938. The van der Waals surface area contributed by atoms with Crippen LogP contribution in [0.2, 0.25) is 0 Å². The molecular weight excluding hydrogens is 461 g/mol. The predicted octanol–water partition coefficient (Wildman–Crippen LogP) is -1.34. The topological polar surface area (TPSA) is 128 Å². The summed E-state index contributed by atoms with van der Waals surface area (Å²) >= 11 is 6.16. The Balaban J connectivity index is 1.51. The third-order valence-corrected chi connectivity index (χ3v) is 9.01. The van der Waals surface area contributed by atoms with Crippen molar-refractivity contribution in [3.05, 3.63) is 0 Å². The summed E-state index contributed by atoms with van der Waals surface area (Å²) in [6.45, 7) is 1.71. The molecule has 2 saturated heterocycles. The van der Waals surface area contributed by atoms with Crippen molar-refractivity contribution >= 4 is 37.6 Å². The highest BCUT2D eigenvalue weighted by Gasteiger charge is 2.44. The summed E-state index contributed by atoms with van der Waals surface area (Å²) < 4.78 is 62.9. The molecule has 10 nitrogen and oxygen atoms in total. The number of amides is 1. The minimum atomic E-state index is -3.89. The molecule has 2 aliphatic heterocycles. The van der Waals surface area contributed by atoms with Gasteiger partial charge < -0.3 is 0 Å². The number of hydrazine groups is 1. The van der Waals surface area contributed by atoms with Crippen molar-refractivity contribution in [3.63, 3.8) is 0 Å². The minimum absolute atomic E-state index is 0.00811. The van der Waals surface area contributed by atoms with Crippen molar-refractivity contribution in [1.82, 2.24) is 24.8 Å². The van der Waals surface area contributed by atoms with Gasteiger partial charge in [-0.1, -0.05) is 0 Å². The zero-order chi connectivity index (χ0) is 22.3. The Morgan fingerprint density at radius 1 is 1.20 bits per heavy atom. The number of rotatable bonds is 7. The highest BCUT2D eigenvalue weighted by Crippen LogP contribution is 2.37. The lowest BCUT2D eigenvalue weighted by Crippen LogP contribution is -2.55. The van der Waals surface area contributed by atoms with E-state index in [1.807, 2.05) is 11.9 Å². The molecule has 14 heteroatoms. The smallest absolute Gasteiger partial charge is 0.241 e. The number of carbonyl (C=O) groups excluding carboxylic acids is 1. The van der Waals surface area contributed by atoms with E-state index in [-0.39, 0.29) is 43.1 Å². The number of sulfonamides is 2. The molecule has 1 aliphatic carbocycles. The lowest BCUT2D eigenvalue weighted by molar-refractivity contribution is -0.129. The standard InChI is InChI=1S/C16H29ClFN5O5S2/c1-22-7-14(19-9-22)11-3-12(15(18)13(17)4-11)16(24)20-21-30(27,28)8-10-5-23(6-10)29(2,25)26/h10-15,19,21H,3-9H2,1-2H3,(H,20,24). The van der Waals surface area contributed by atoms with Crippen LogP contribution in [0.1, 0.15) is 12.8 Å². The van der Waals surface area contributed by atoms with Gasteiger partial charge in [-0.25, -0.2) is 25.5 Å². The quantitative estimate of drug-likeness (QED) is 0.298. The molecule has 0 aromatic rings. The van der Waals surface area contributed by atoms with Gasteiger partial charge in [-0.05, 0) is 25.8 Å². The van der Waals surface area contributed by atoms with E-state index in [2.05, 4.69) is 15.6 Å². The van der Waals surface area contributed by atoms with Crippen molar-refractivity contribution in [3.8, 4) is 0 Å². The van der Waals surface area contributed by atoms with Gasteiger partial charge in [0.05, 0.1) is 23.3 Å². The van der Waals surface area contributed by atoms with Crippen molar-refractivity contribution in [2.45, 2.75) is 30.4 Å². The van der Waals surface area contributed by atoms with Crippen molar-refractivity contribution in [2.75, 3.05) is 45.4 Å². The van der Waals surface area contributed by atoms with Gasteiger partial charge in [0, 0.05) is 38.3 Å². The molecule has 174 valence electrons. The molecule has 5 unspecified atom stereocenters. The van der Waals surface area contributed by atoms with Gasteiger partial charge in [-0.2, -0.15) is 0 Å². The van der Waals surface area contributed by atoms with Crippen LogP contribution in [0.5, 0.6) is 0 Å². The molecule has 0 aromatic heterocycles. The summed E-state index contributed by atoms with van der Waals surface area (Å²) in [7, 11) is -5.27. The average Bonchev–Trinajstić information content (AvgIpc) is 3.03. The van der Waals surface area contributed by atoms with Gasteiger partial charge in [0.25, 0.3) is 0 Å². The van der Waals surface area contributed by atoms with Gasteiger partial charge in [0.1, 0.15) is 6.17 Å². The second-order valence-corrected chi connectivity index (χ2v) is 12.9. The molecule has 0 bridgehead atoms. The summed E-state index contributed by atoms with van der Waals surface area (Å²) in [6, 6.07) is 0.104. The zero-order valence-corrected chi connectivity index (χ0v) is 19.3. The predicted molar refractivity (Wildman–Crippen MR) is 110 cm³/mol. The summed E-state index contributed by atoms with van der Waals surface area (Å²) in [5, 5.41) is 2.51. The van der Waals surface area contributed by atoms with Crippen LogP contribution in [-0.2, 0) is 24.8 Å². The molecule has 1 saturated carbocycles. The van der Waals surface area contributed by atoms with E-state index >= 15 is 0 Å². The van der Waals surface area contributed by atoms with Crippen LogP contribution in [0, 0.1) is 17.8 Å². The normalized spacial score (nSPS) is 34.6. The zero-order valence-electron chi connectivity index (χ0n) is 16.9. The van der Waals surface area contributed by atoms with E-state index in [1.165, 1.54) is 4.31 Å². The Bertz CT molecular complexity index is 854. The number of nitrogens with zero attached hydrogens (tertiary/aromatic N) is 2. The van der Waals surface area contributed by atoms with E-state index in [0.29, 0.717) is 13.1 Å². The Hall–Kier alpha value is -0.570. The van der Waals surface area contributed by atoms with Crippen LogP contribution >= 0.6 is 11.6 Å². The van der Waals surface area contributed by atoms with E-state index in [4.69, 9.17) is 11.6 Å². The first kappa shape index (κ1) is 24.1. The van der Waals surface area contributed by atoms with Gasteiger partial charge in [0.15, 0.2) is 0 Å².